The van der Waals surface area contributed by atoms with Crippen LogP contribution in [0.3, 0.4) is 0 Å². The maximum atomic E-state index is 4.58. The molecule has 2 nitrogen and oxygen atoms in total. The first-order valence-electron chi connectivity index (χ1n) is 7.58. The number of benzene rings is 1. The zero-order chi connectivity index (χ0) is 15.1. The van der Waals surface area contributed by atoms with E-state index in [1.165, 1.54) is 16.7 Å². The molecule has 0 aliphatic heterocycles. The second-order valence-electron chi connectivity index (χ2n) is 5.29. The number of hydrogen-bond donors (Lipinski definition) is 1. The van der Waals surface area contributed by atoms with Gasteiger partial charge in [0, 0.05) is 23.6 Å². The van der Waals surface area contributed by atoms with Gasteiger partial charge in [-0.25, -0.2) is 4.98 Å². The third kappa shape index (κ3) is 4.58. The maximum Gasteiger partial charge on any atom is 0.101 e. The van der Waals surface area contributed by atoms with Crippen LogP contribution < -0.4 is 5.32 Å². The highest BCUT2D eigenvalue weighted by atomic mass is 32.2. The molecule has 1 aromatic carbocycles. The maximum absolute atomic E-state index is 4.58. The number of rotatable bonds is 7. The molecule has 1 atom stereocenters. The van der Waals surface area contributed by atoms with E-state index in [2.05, 4.69) is 61.4 Å². The van der Waals surface area contributed by atoms with Crippen molar-refractivity contribution in [3.05, 3.63) is 59.3 Å². The SMILES string of the molecule is CCCNC(C)c1cccnc1SCc1ccccc1C. The monoisotopic (exact) mass is 300 g/mol. The van der Waals surface area contributed by atoms with E-state index in [-0.39, 0.29) is 0 Å². The molecule has 0 aliphatic carbocycles. The first-order chi connectivity index (χ1) is 10.2. The predicted molar refractivity (Wildman–Crippen MR) is 91.7 cm³/mol. The van der Waals surface area contributed by atoms with Crippen molar-refractivity contribution in [2.45, 2.75) is 44.0 Å². The van der Waals surface area contributed by atoms with E-state index >= 15 is 0 Å². The van der Waals surface area contributed by atoms with Crippen LogP contribution >= 0.6 is 11.8 Å². The number of nitrogens with zero attached hydrogens (tertiary/aromatic N) is 1. The minimum absolute atomic E-state index is 0.345. The summed E-state index contributed by atoms with van der Waals surface area (Å²) in [4.78, 5) is 4.58. The summed E-state index contributed by atoms with van der Waals surface area (Å²) in [7, 11) is 0. The minimum atomic E-state index is 0.345. The Bertz CT molecular complexity index is 569. The van der Waals surface area contributed by atoms with Crippen molar-refractivity contribution in [2.75, 3.05) is 6.54 Å². The predicted octanol–water partition coefficient (Wildman–Crippen LogP) is 4.74. The molecule has 0 saturated carbocycles. The van der Waals surface area contributed by atoms with Crippen LogP contribution in [0.25, 0.3) is 0 Å². The molecule has 3 heteroatoms. The molecule has 1 unspecified atom stereocenters. The fraction of sp³-hybridized carbons (Fsp3) is 0.389. The second-order valence-corrected chi connectivity index (χ2v) is 6.25. The number of aromatic nitrogens is 1. The second kappa shape index (κ2) is 8.20. The van der Waals surface area contributed by atoms with E-state index in [9.17, 15) is 0 Å². The quantitative estimate of drug-likeness (QED) is 0.747. The average Bonchev–Trinajstić information content (AvgIpc) is 2.52. The fourth-order valence-electron chi connectivity index (χ4n) is 2.24. The first kappa shape index (κ1) is 16.1. The molecule has 2 rings (SSSR count). The molecule has 1 aromatic heterocycles. The van der Waals surface area contributed by atoms with E-state index in [1.54, 1.807) is 0 Å². The normalized spacial score (nSPS) is 12.3. The molecule has 1 heterocycles. The Morgan fingerprint density at radius 1 is 1.19 bits per heavy atom. The largest absolute Gasteiger partial charge is 0.310 e. The van der Waals surface area contributed by atoms with E-state index in [0.29, 0.717) is 6.04 Å². The molecular formula is C18H24N2S. The number of nitrogens with one attached hydrogen (secondary N) is 1. The molecule has 0 amide bonds. The molecular weight excluding hydrogens is 276 g/mol. The van der Waals surface area contributed by atoms with Gasteiger partial charge in [-0.3, -0.25) is 0 Å². The minimum Gasteiger partial charge on any atom is -0.310 e. The lowest BCUT2D eigenvalue weighted by Crippen LogP contribution is -2.20. The van der Waals surface area contributed by atoms with Crippen LogP contribution in [-0.2, 0) is 5.75 Å². The molecule has 1 N–H and O–H groups in total. The van der Waals surface area contributed by atoms with Crippen LogP contribution in [0, 0.1) is 6.92 Å². The van der Waals surface area contributed by atoms with Crippen molar-refractivity contribution in [2.24, 2.45) is 0 Å². The lowest BCUT2D eigenvalue weighted by Gasteiger charge is -2.16. The molecule has 0 aliphatic rings. The fourth-order valence-corrected chi connectivity index (χ4v) is 3.41. The van der Waals surface area contributed by atoms with Gasteiger partial charge < -0.3 is 5.32 Å². The number of aryl methyl sites for hydroxylation is 1. The van der Waals surface area contributed by atoms with Crippen molar-refractivity contribution in [1.82, 2.24) is 10.3 Å². The zero-order valence-electron chi connectivity index (χ0n) is 13.1. The Morgan fingerprint density at radius 3 is 2.76 bits per heavy atom. The van der Waals surface area contributed by atoms with Gasteiger partial charge in [0.25, 0.3) is 0 Å². The molecule has 0 radical (unpaired) electrons. The van der Waals surface area contributed by atoms with Gasteiger partial charge in [-0.05, 0) is 44.0 Å². The van der Waals surface area contributed by atoms with Crippen LogP contribution in [0.2, 0.25) is 0 Å². The van der Waals surface area contributed by atoms with Crippen LogP contribution in [0.15, 0.2) is 47.6 Å². The van der Waals surface area contributed by atoms with Crippen molar-refractivity contribution in [1.29, 1.82) is 0 Å². The van der Waals surface area contributed by atoms with Crippen LogP contribution in [0.5, 0.6) is 0 Å². The smallest absolute Gasteiger partial charge is 0.101 e. The summed E-state index contributed by atoms with van der Waals surface area (Å²) in [5.41, 5.74) is 4.03. The van der Waals surface area contributed by atoms with E-state index in [1.807, 2.05) is 24.0 Å². The average molecular weight is 300 g/mol. The lowest BCUT2D eigenvalue weighted by molar-refractivity contribution is 0.560. The Morgan fingerprint density at radius 2 is 2.00 bits per heavy atom. The van der Waals surface area contributed by atoms with Crippen LogP contribution in [0.4, 0.5) is 0 Å². The molecule has 0 spiro atoms. The van der Waals surface area contributed by atoms with Gasteiger partial charge in [-0.1, -0.05) is 37.3 Å². The number of pyridine rings is 1. The van der Waals surface area contributed by atoms with Gasteiger partial charge >= 0.3 is 0 Å². The summed E-state index contributed by atoms with van der Waals surface area (Å²) in [6.07, 6.45) is 3.03. The summed E-state index contributed by atoms with van der Waals surface area (Å²) < 4.78 is 0. The first-order valence-corrected chi connectivity index (χ1v) is 8.56. The summed E-state index contributed by atoms with van der Waals surface area (Å²) in [6.45, 7) is 7.61. The Hall–Kier alpha value is -1.32. The zero-order valence-corrected chi connectivity index (χ0v) is 13.9. The topological polar surface area (TPSA) is 24.9 Å². The highest BCUT2D eigenvalue weighted by Crippen LogP contribution is 2.28. The van der Waals surface area contributed by atoms with Gasteiger partial charge in [0.05, 0.1) is 0 Å². The Labute approximate surface area is 132 Å². The van der Waals surface area contributed by atoms with E-state index < -0.39 is 0 Å². The molecule has 2 aromatic rings. The van der Waals surface area contributed by atoms with Crippen LogP contribution in [-0.4, -0.2) is 11.5 Å². The highest BCUT2D eigenvalue weighted by molar-refractivity contribution is 7.98. The summed E-state index contributed by atoms with van der Waals surface area (Å²) in [5, 5.41) is 4.68. The molecule has 21 heavy (non-hydrogen) atoms. The summed E-state index contributed by atoms with van der Waals surface area (Å²) in [5.74, 6) is 0.969. The molecule has 0 bridgehead atoms. The lowest BCUT2D eigenvalue weighted by atomic mass is 10.1. The molecule has 112 valence electrons. The van der Waals surface area contributed by atoms with Gasteiger partial charge in [0.1, 0.15) is 5.03 Å². The number of hydrogen-bond acceptors (Lipinski definition) is 3. The highest BCUT2D eigenvalue weighted by Gasteiger charge is 2.11. The van der Waals surface area contributed by atoms with Gasteiger partial charge in [0.15, 0.2) is 0 Å². The molecule has 0 fully saturated rings. The van der Waals surface area contributed by atoms with E-state index in [4.69, 9.17) is 0 Å². The summed E-state index contributed by atoms with van der Waals surface area (Å²) in [6, 6.07) is 13.1. The van der Waals surface area contributed by atoms with E-state index in [0.717, 1.165) is 23.7 Å². The Balaban J connectivity index is 2.08. The van der Waals surface area contributed by atoms with Gasteiger partial charge in [-0.15, -0.1) is 11.8 Å². The van der Waals surface area contributed by atoms with Crippen molar-refractivity contribution < 1.29 is 0 Å². The standard InChI is InChI=1S/C18H24N2S/c1-4-11-19-15(3)17-10-7-12-20-18(17)21-13-16-9-6-5-8-14(16)2/h5-10,12,15,19H,4,11,13H2,1-3H3. The molecule has 0 saturated heterocycles. The van der Waals surface area contributed by atoms with Crippen molar-refractivity contribution in [3.63, 3.8) is 0 Å². The van der Waals surface area contributed by atoms with Crippen molar-refractivity contribution in [3.8, 4) is 0 Å². The van der Waals surface area contributed by atoms with Crippen molar-refractivity contribution >= 4 is 11.8 Å². The third-order valence-electron chi connectivity index (χ3n) is 3.59. The Kier molecular flexibility index (Phi) is 6.27. The number of thioether (sulfide) groups is 1. The third-order valence-corrected chi connectivity index (χ3v) is 4.66. The van der Waals surface area contributed by atoms with Crippen LogP contribution in [0.1, 0.15) is 43.0 Å². The summed E-state index contributed by atoms with van der Waals surface area (Å²) >= 11 is 1.82. The van der Waals surface area contributed by atoms with Gasteiger partial charge in [0.2, 0.25) is 0 Å². The van der Waals surface area contributed by atoms with Gasteiger partial charge in [-0.2, -0.15) is 0 Å².